The molecule has 1 aromatic rings. The number of ether oxygens (including phenoxy) is 1. The summed E-state index contributed by atoms with van der Waals surface area (Å²) in [5.74, 6) is -0.344. The number of aryl methyl sites for hydroxylation is 1. The average Bonchev–Trinajstić information content (AvgIpc) is 2.93. The van der Waals surface area contributed by atoms with E-state index in [-0.39, 0.29) is 11.9 Å². The number of rotatable bonds is 2. The zero-order chi connectivity index (χ0) is 14.9. The van der Waals surface area contributed by atoms with Crippen molar-refractivity contribution < 1.29 is 14.3 Å². The van der Waals surface area contributed by atoms with Crippen LogP contribution in [0.5, 0.6) is 0 Å². The van der Waals surface area contributed by atoms with E-state index in [1.807, 2.05) is 39.1 Å². The van der Waals surface area contributed by atoms with Gasteiger partial charge in [0.2, 0.25) is 0 Å². The summed E-state index contributed by atoms with van der Waals surface area (Å²) in [6, 6.07) is 1.49. The van der Waals surface area contributed by atoms with Gasteiger partial charge in [0, 0.05) is 6.54 Å². The number of thiophene rings is 1. The van der Waals surface area contributed by atoms with Crippen molar-refractivity contribution in [3.05, 3.63) is 21.9 Å². The first-order valence-electron chi connectivity index (χ1n) is 6.87. The van der Waals surface area contributed by atoms with E-state index in [4.69, 9.17) is 4.74 Å². The maximum absolute atomic E-state index is 12.5. The number of carbonyl (C=O) groups is 2. The van der Waals surface area contributed by atoms with Gasteiger partial charge in [-0.2, -0.15) is 0 Å². The lowest BCUT2D eigenvalue weighted by Crippen LogP contribution is -2.43. The van der Waals surface area contributed by atoms with Crippen LogP contribution in [0.3, 0.4) is 0 Å². The van der Waals surface area contributed by atoms with E-state index in [0.29, 0.717) is 13.0 Å². The van der Waals surface area contributed by atoms with Gasteiger partial charge in [0.25, 0.3) is 5.91 Å². The molecule has 4 nitrogen and oxygen atoms in total. The van der Waals surface area contributed by atoms with Crippen LogP contribution in [0.4, 0.5) is 0 Å². The molecule has 5 heteroatoms. The number of hydrogen-bond donors (Lipinski definition) is 0. The van der Waals surface area contributed by atoms with E-state index in [0.717, 1.165) is 16.9 Å². The summed E-state index contributed by atoms with van der Waals surface area (Å²) in [7, 11) is 0. The Labute approximate surface area is 123 Å². The van der Waals surface area contributed by atoms with E-state index < -0.39 is 11.6 Å². The number of carbonyl (C=O) groups excluding carboxylic acids is 2. The van der Waals surface area contributed by atoms with Gasteiger partial charge in [-0.15, -0.1) is 11.3 Å². The maximum Gasteiger partial charge on any atom is 0.329 e. The summed E-state index contributed by atoms with van der Waals surface area (Å²) in [6.45, 7) is 8.07. The van der Waals surface area contributed by atoms with Gasteiger partial charge in [-0.3, -0.25) is 4.79 Å². The third-order valence-electron chi connectivity index (χ3n) is 3.25. The van der Waals surface area contributed by atoms with Gasteiger partial charge in [-0.1, -0.05) is 0 Å². The molecule has 2 rings (SSSR count). The molecular formula is C15H21NO3S. The molecule has 1 aliphatic rings. The molecule has 20 heavy (non-hydrogen) atoms. The van der Waals surface area contributed by atoms with Crippen LogP contribution >= 0.6 is 11.3 Å². The number of nitrogens with zero attached hydrogens (tertiary/aromatic N) is 1. The van der Waals surface area contributed by atoms with Crippen molar-refractivity contribution >= 4 is 23.2 Å². The fourth-order valence-electron chi connectivity index (χ4n) is 2.35. The third-order valence-corrected chi connectivity index (χ3v) is 4.25. The van der Waals surface area contributed by atoms with Crippen molar-refractivity contribution in [1.82, 2.24) is 4.90 Å². The number of likely N-dealkylation sites (tertiary alicyclic amines) is 1. The molecule has 0 aromatic carbocycles. The highest BCUT2D eigenvalue weighted by atomic mass is 32.1. The Bertz CT molecular complexity index is 515. The lowest BCUT2D eigenvalue weighted by atomic mass is 10.1. The van der Waals surface area contributed by atoms with Crippen molar-refractivity contribution in [2.75, 3.05) is 6.54 Å². The normalized spacial score (nSPS) is 19.2. The minimum absolute atomic E-state index is 0.0501. The van der Waals surface area contributed by atoms with Crippen molar-refractivity contribution in [2.24, 2.45) is 0 Å². The molecule has 1 aromatic heterocycles. The molecule has 1 saturated heterocycles. The second-order valence-corrected chi connectivity index (χ2v) is 7.04. The minimum Gasteiger partial charge on any atom is -0.458 e. The van der Waals surface area contributed by atoms with Gasteiger partial charge < -0.3 is 9.64 Å². The summed E-state index contributed by atoms with van der Waals surface area (Å²) in [5, 5.41) is 1.90. The molecule has 1 atom stereocenters. The second kappa shape index (κ2) is 5.56. The van der Waals surface area contributed by atoms with Crippen LogP contribution in [0.25, 0.3) is 0 Å². The van der Waals surface area contributed by atoms with Crippen LogP contribution in [0, 0.1) is 6.92 Å². The summed E-state index contributed by atoms with van der Waals surface area (Å²) in [5.41, 5.74) is 0.447. The summed E-state index contributed by atoms with van der Waals surface area (Å²) in [4.78, 5) is 27.1. The first kappa shape index (κ1) is 15.0. The van der Waals surface area contributed by atoms with Crippen LogP contribution < -0.4 is 0 Å². The van der Waals surface area contributed by atoms with E-state index >= 15 is 0 Å². The quantitative estimate of drug-likeness (QED) is 0.788. The van der Waals surface area contributed by atoms with Gasteiger partial charge in [0.05, 0.1) is 4.88 Å². The van der Waals surface area contributed by atoms with Gasteiger partial charge in [0.1, 0.15) is 11.6 Å². The van der Waals surface area contributed by atoms with Crippen LogP contribution in [0.1, 0.15) is 48.8 Å². The molecule has 0 radical (unpaired) electrons. The Morgan fingerprint density at radius 2 is 2.10 bits per heavy atom. The largest absolute Gasteiger partial charge is 0.458 e. The fraction of sp³-hybridized carbons (Fsp3) is 0.600. The van der Waals surface area contributed by atoms with E-state index in [1.165, 1.54) is 11.3 Å². The monoisotopic (exact) mass is 295 g/mol. The number of amides is 1. The third kappa shape index (κ3) is 3.20. The summed E-state index contributed by atoms with van der Waals surface area (Å²) >= 11 is 1.43. The molecule has 0 bridgehead atoms. The highest BCUT2D eigenvalue weighted by molar-refractivity contribution is 7.12. The first-order valence-corrected chi connectivity index (χ1v) is 7.75. The van der Waals surface area contributed by atoms with Gasteiger partial charge >= 0.3 is 5.97 Å². The molecule has 2 heterocycles. The molecule has 1 aliphatic heterocycles. The summed E-state index contributed by atoms with van der Waals surface area (Å²) < 4.78 is 5.42. The molecule has 0 aliphatic carbocycles. The molecule has 1 fully saturated rings. The molecule has 0 unspecified atom stereocenters. The highest BCUT2D eigenvalue weighted by Crippen LogP contribution is 2.26. The Morgan fingerprint density at radius 1 is 1.40 bits per heavy atom. The van der Waals surface area contributed by atoms with Crippen LogP contribution in [-0.2, 0) is 9.53 Å². The Balaban J connectivity index is 2.13. The van der Waals surface area contributed by atoms with Crippen molar-refractivity contribution in [3.63, 3.8) is 0 Å². The molecule has 0 spiro atoms. The van der Waals surface area contributed by atoms with Crippen molar-refractivity contribution in [1.29, 1.82) is 0 Å². The van der Waals surface area contributed by atoms with Crippen molar-refractivity contribution in [2.45, 2.75) is 52.2 Å². The molecule has 0 saturated carbocycles. The van der Waals surface area contributed by atoms with Crippen molar-refractivity contribution in [3.8, 4) is 0 Å². The zero-order valence-corrected chi connectivity index (χ0v) is 13.3. The Morgan fingerprint density at radius 3 is 2.65 bits per heavy atom. The number of esters is 1. The average molecular weight is 295 g/mol. The zero-order valence-electron chi connectivity index (χ0n) is 12.4. The molecule has 1 amide bonds. The second-order valence-electron chi connectivity index (χ2n) is 6.12. The molecule has 0 N–H and O–H groups in total. The smallest absolute Gasteiger partial charge is 0.329 e. The molecule has 110 valence electrons. The lowest BCUT2D eigenvalue weighted by molar-refractivity contribution is -0.159. The number of hydrogen-bond acceptors (Lipinski definition) is 4. The Hall–Kier alpha value is -1.36. The minimum atomic E-state index is -0.521. The Kier molecular flexibility index (Phi) is 4.18. The highest BCUT2D eigenvalue weighted by Gasteiger charge is 2.37. The van der Waals surface area contributed by atoms with Gasteiger partial charge in [-0.05, 0) is 57.5 Å². The fourth-order valence-corrected chi connectivity index (χ4v) is 3.23. The standard InChI is InChI=1S/C15H21NO3S/c1-10-7-9-20-12(10)13(17)16-8-5-6-11(16)14(18)19-15(2,3)4/h7,9,11H,5-6,8H2,1-4H3/t11-/m1/s1. The first-order chi connectivity index (χ1) is 9.29. The van der Waals surface area contributed by atoms with Gasteiger partial charge in [0.15, 0.2) is 0 Å². The SMILES string of the molecule is Cc1ccsc1C(=O)N1CCC[C@@H]1C(=O)OC(C)(C)C. The predicted molar refractivity (Wildman–Crippen MR) is 79.0 cm³/mol. The predicted octanol–water partition coefficient (Wildman–Crippen LogP) is 3.00. The summed E-state index contributed by atoms with van der Waals surface area (Å²) in [6.07, 6.45) is 1.53. The van der Waals surface area contributed by atoms with Crippen LogP contribution in [0.15, 0.2) is 11.4 Å². The van der Waals surface area contributed by atoms with E-state index in [9.17, 15) is 9.59 Å². The lowest BCUT2D eigenvalue weighted by Gasteiger charge is -2.27. The maximum atomic E-state index is 12.5. The van der Waals surface area contributed by atoms with Crippen LogP contribution in [0.2, 0.25) is 0 Å². The topological polar surface area (TPSA) is 46.6 Å². The molecular weight excluding hydrogens is 274 g/mol. The van der Waals surface area contributed by atoms with Crippen LogP contribution in [-0.4, -0.2) is 35.0 Å². The van der Waals surface area contributed by atoms with E-state index in [1.54, 1.807) is 4.90 Å². The van der Waals surface area contributed by atoms with Gasteiger partial charge in [-0.25, -0.2) is 4.79 Å². The van der Waals surface area contributed by atoms with E-state index in [2.05, 4.69) is 0 Å².